The smallest absolute Gasteiger partial charge is 0.233 e. The number of rotatable bonds is 8. The topological polar surface area (TPSA) is 84.5 Å². The Hall–Kier alpha value is -4.10. The molecule has 0 bridgehead atoms. The van der Waals surface area contributed by atoms with Crippen molar-refractivity contribution < 1.29 is 17.9 Å². The lowest BCUT2D eigenvalue weighted by atomic mass is 9.85. The number of ether oxygens (including phenoxy) is 1. The number of allylic oxidation sites excluding steroid dienone is 1. The molecule has 0 radical (unpaired) electrons. The maximum Gasteiger partial charge on any atom is 0.233 e. The van der Waals surface area contributed by atoms with E-state index in [1.807, 2.05) is 60.7 Å². The summed E-state index contributed by atoms with van der Waals surface area (Å²) in [6.07, 6.45) is 2.77. The van der Waals surface area contributed by atoms with Crippen molar-refractivity contribution in [1.29, 1.82) is 0 Å². The van der Waals surface area contributed by atoms with Crippen molar-refractivity contribution in [2.24, 2.45) is 0 Å². The number of carbonyl (C=O) groups is 1. The fraction of sp³-hybridized carbons (Fsp3) is 0.219. The molecule has 4 aromatic carbocycles. The number of sulfonamides is 1. The van der Waals surface area contributed by atoms with Gasteiger partial charge in [0.15, 0.2) is 5.78 Å². The van der Waals surface area contributed by atoms with Gasteiger partial charge in [-0.1, -0.05) is 60.7 Å². The summed E-state index contributed by atoms with van der Waals surface area (Å²) in [6, 6.07) is 26.3. The van der Waals surface area contributed by atoms with Gasteiger partial charge in [0.25, 0.3) is 0 Å². The third-order valence-corrected chi connectivity index (χ3v) is 8.22. The Morgan fingerprint density at radius 3 is 2.59 bits per heavy atom. The number of carbonyl (C=O) groups excluding carboxylic acids is 1. The molecular weight excluding hydrogens is 508 g/mol. The molecule has 39 heavy (non-hydrogen) atoms. The summed E-state index contributed by atoms with van der Waals surface area (Å²) in [7, 11) is -2.02. The number of benzene rings is 4. The van der Waals surface area contributed by atoms with Crippen LogP contribution in [0.25, 0.3) is 16.5 Å². The quantitative estimate of drug-likeness (QED) is 0.212. The Balaban J connectivity index is 1.34. The lowest BCUT2D eigenvalue weighted by Crippen LogP contribution is -2.43. The highest BCUT2D eigenvalue weighted by atomic mass is 32.2. The van der Waals surface area contributed by atoms with Crippen LogP contribution in [0.2, 0.25) is 0 Å². The second-order valence-corrected chi connectivity index (χ2v) is 12.4. The summed E-state index contributed by atoms with van der Waals surface area (Å²) in [5, 5.41) is 5.60. The van der Waals surface area contributed by atoms with Gasteiger partial charge < -0.3 is 10.1 Å². The number of anilines is 1. The van der Waals surface area contributed by atoms with Gasteiger partial charge in [-0.25, -0.2) is 8.42 Å². The average molecular weight is 541 g/mol. The van der Waals surface area contributed by atoms with Gasteiger partial charge in [-0.15, -0.1) is 0 Å². The molecule has 2 N–H and O–H groups in total. The van der Waals surface area contributed by atoms with Gasteiger partial charge in [-0.3, -0.25) is 9.52 Å². The normalized spacial score (nSPS) is 15.4. The molecule has 7 heteroatoms. The van der Waals surface area contributed by atoms with Gasteiger partial charge in [0, 0.05) is 34.1 Å². The van der Waals surface area contributed by atoms with Gasteiger partial charge in [-0.05, 0) is 72.9 Å². The van der Waals surface area contributed by atoms with E-state index < -0.39 is 10.0 Å². The van der Waals surface area contributed by atoms with Crippen LogP contribution >= 0.6 is 0 Å². The Kier molecular flexibility index (Phi) is 7.19. The van der Waals surface area contributed by atoms with E-state index in [9.17, 15) is 13.2 Å². The minimum absolute atomic E-state index is 0.0686. The molecule has 1 heterocycles. The zero-order valence-corrected chi connectivity index (χ0v) is 23.1. The summed E-state index contributed by atoms with van der Waals surface area (Å²) in [5.41, 5.74) is 4.27. The van der Waals surface area contributed by atoms with E-state index in [2.05, 4.69) is 23.9 Å². The summed E-state index contributed by atoms with van der Waals surface area (Å²) >= 11 is 0. The van der Waals surface area contributed by atoms with Gasteiger partial charge in [0.1, 0.15) is 5.75 Å². The summed E-state index contributed by atoms with van der Waals surface area (Å²) < 4.78 is 33.9. The van der Waals surface area contributed by atoms with Crippen molar-refractivity contribution in [3.63, 3.8) is 0 Å². The van der Waals surface area contributed by atoms with Crippen LogP contribution in [0.4, 0.5) is 5.69 Å². The number of ketones is 1. The molecule has 0 aliphatic carbocycles. The molecule has 0 atom stereocenters. The Morgan fingerprint density at radius 2 is 1.77 bits per heavy atom. The van der Waals surface area contributed by atoms with Crippen LogP contribution in [0.3, 0.4) is 0 Å². The van der Waals surface area contributed by atoms with Crippen molar-refractivity contribution >= 4 is 38.0 Å². The molecule has 0 fully saturated rings. The molecule has 0 spiro atoms. The van der Waals surface area contributed by atoms with Gasteiger partial charge in [0.2, 0.25) is 10.0 Å². The molecule has 0 amide bonds. The van der Waals surface area contributed by atoms with E-state index in [0.29, 0.717) is 29.1 Å². The molecule has 0 saturated heterocycles. The predicted octanol–water partition coefficient (Wildman–Crippen LogP) is 5.98. The Labute approximate surface area is 229 Å². The molecule has 5 rings (SSSR count). The fourth-order valence-electron chi connectivity index (χ4n) is 5.09. The minimum atomic E-state index is -3.64. The van der Waals surface area contributed by atoms with Crippen molar-refractivity contribution in [2.45, 2.75) is 32.2 Å². The Bertz CT molecular complexity index is 1680. The molecule has 6 nitrogen and oxygen atoms in total. The number of nitrogens with one attached hydrogen (secondary N) is 2. The molecule has 0 saturated carbocycles. The van der Waals surface area contributed by atoms with Crippen LogP contribution in [0.5, 0.6) is 5.75 Å². The lowest BCUT2D eigenvalue weighted by Gasteiger charge is -2.35. The van der Waals surface area contributed by atoms with E-state index in [4.69, 9.17) is 4.74 Å². The van der Waals surface area contributed by atoms with Gasteiger partial charge in [-0.2, -0.15) is 0 Å². The maximum absolute atomic E-state index is 13.3. The van der Waals surface area contributed by atoms with Crippen molar-refractivity contribution in [3.8, 4) is 5.75 Å². The zero-order chi connectivity index (χ0) is 27.6. The van der Waals surface area contributed by atoms with Crippen LogP contribution in [0, 0.1) is 0 Å². The highest BCUT2D eigenvalue weighted by Crippen LogP contribution is 2.32. The Morgan fingerprint density at radius 1 is 1.00 bits per heavy atom. The SMILES string of the molecule is COc1ccc2c(c1)/C(=C/C(=O)c1cccc(NS(=O)(=O)CCc3cccc4ccccc34)c1)NC(C)(C)C2. The van der Waals surface area contributed by atoms with E-state index in [0.717, 1.165) is 33.9 Å². The minimum Gasteiger partial charge on any atom is -0.497 e. The molecule has 200 valence electrons. The van der Waals surface area contributed by atoms with Crippen LogP contribution < -0.4 is 14.8 Å². The number of aryl methyl sites for hydroxylation is 1. The second kappa shape index (κ2) is 10.6. The summed E-state index contributed by atoms with van der Waals surface area (Å²) in [5.74, 6) is 0.426. The number of hydrogen-bond acceptors (Lipinski definition) is 5. The van der Waals surface area contributed by atoms with Crippen molar-refractivity contribution in [2.75, 3.05) is 17.6 Å². The molecule has 0 unspecified atom stereocenters. The van der Waals surface area contributed by atoms with E-state index >= 15 is 0 Å². The van der Waals surface area contributed by atoms with E-state index in [-0.39, 0.29) is 17.1 Å². The summed E-state index contributed by atoms with van der Waals surface area (Å²) in [6.45, 7) is 4.18. The summed E-state index contributed by atoms with van der Waals surface area (Å²) in [4.78, 5) is 13.3. The zero-order valence-electron chi connectivity index (χ0n) is 22.3. The van der Waals surface area contributed by atoms with Gasteiger partial charge >= 0.3 is 0 Å². The second-order valence-electron chi connectivity index (χ2n) is 10.5. The van der Waals surface area contributed by atoms with Crippen molar-refractivity contribution in [3.05, 3.63) is 113 Å². The monoisotopic (exact) mass is 540 g/mol. The first kappa shape index (κ1) is 26.5. The first-order chi connectivity index (χ1) is 18.6. The first-order valence-electron chi connectivity index (χ1n) is 12.9. The lowest BCUT2D eigenvalue weighted by molar-refractivity contribution is 0.104. The first-order valence-corrected chi connectivity index (χ1v) is 14.6. The molecule has 1 aliphatic heterocycles. The number of fused-ring (bicyclic) bond motifs is 2. The van der Waals surface area contributed by atoms with Gasteiger partial charge in [0.05, 0.1) is 12.9 Å². The fourth-order valence-corrected chi connectivity index (χ4v) is 6.17. The largest absolute Gasteiger partial charge is 0.497 e. The average Bonchev–Trinajstić information content (AvgIpc) is 2.91. The van der Waals surface area contributed by atoms with Crippen LogP contribution in [0.15, 0.2) is 91.0 Å². The third-order valence-electron chi connectivity index (χ3n) is 6.93. The molecule has 1 aliphatic rings. The van der Waals surface area contributed by atoms with Crippen LogP contribution in [0.1, 0.15) is 40.9 Å². The third kappa shape index (κ3) is 6.15. The van der Waals surface area contributed by atoms with Crippen molar-refractivity contribution in [1.82, 2.24) is 5.32 Å². The standard InChI is InChI=1S/C32H32N2O4S/c1-32(2)21-25-14-15-27(38-3)19-29(25)30(33-32)20-31(35)24-11-7-12-26(18-24)34-39(36,37)17-16-23-10-6-9-22-8-4-5-13-28(22)23/h4-15,18-20,33-34H,16-17,21H2,1-3H3/b30-20-. The maximum atomic E-state index is 13.3. The van der Waals surface area contributed by atoms with Crippen LogP contribution in [-0.4, -0.2) is 32.6 Å². The molecule has 4 aromatic rings. The predicted molar refractivity (Wildman–Crippen MR) is 158 cm³/mol. The van der Waals surface area contributed by atoms with E-state index in [1.165, 1.54) is 0 Å². The molecule has 0 aromatic heterocycles. The van der Waals surface area contributed by atoms with E-state index in [1.54, 1.807) is 37.5 Å². The molecular formula is C32H32N2O4S. The number of methoxy groups -OCH3 is 1. The highest BCUT2D eigenvalue weighted by molar-refractivity contribution is 7.92. The van der Waals surface area contributed by atoms with Crippen LogP contribution in [-0.2, 0) is 22.9 Å². The number of hydrogen-bond donors (Lipinski definition) is 2. The highest BCUT2D eigenvalue weighted by Gasteiger charge is 2.28.